The van der Waals surface area contributed by atoms with Gasteiger partial charge in [0.1, 0.15) is 0 Å². The van der Waals surface area contributed by atoms with Gasteiger partial charge in [-0.05, 0) is 42.5 Å². The van der Waals surface area contributed by atoms with Crippen LogP contribution in [0.2, 0.25) is 13.1 Å². The van der Waals surface area contributed by atoms with Crippen molar-refractivity contribution in [3.05, 3.63) is 29.8 Å². The van der Waals surface area contributed by atoms with Gasteiger partial charge in [0.25, 0.3) is 0 Å². The van der Waals surface area contributed by atoms with Gasteiger partial charge in [-0.25, -0.2) is 0 Å². The Morgan fingerprint density at radius 1 is 1.22 bits per heavy atom. The standard InChI is InChI=1S/C15H25NOSi/c1-15(2,3)13-10-11-16(17-18(4)5)14-9-7-6-8-12(13)14/h6-9,13,18H,10-11H2,1-5H3/t13-/m1/s1. The molecule has 0 aliphatic carbocycles. The minimum Gasteiger partial charge on any atom is -0.324 e. The van der Waals surface area contributed by atoms with Crippen LogP contribution in [0.1, 0.15) is 38.7 Å². The summed E-state index contributed by atoms with van der Waals surface area (Å²) in [5.74, 6) is 0.627. The Kier molecular flexibility index (Phi) is 3.83. The van der Waals surface area contributed by atoms with E-state index in [9.17, 15) is 0 Å². The highest BCUT2D eigenvalue weighted by Gasteiger charge is 2.33. The maximum absolute atomic E-state index is 6.05. The van der Waals surface area contributed by atoms with Gasteiger partial charge < -0.3 is 4.53 Å². The van der Waals surface area contributed by atoms with Crippen molar-refractivity contribution < 1.29 is 4.53 Å². The molecular formula is C15H25NOSi. The van der Waals surface area contributed by atoms with Crippen molar-refractivity contribution in [2.45, 2.75) is 46.2 Å². The summed E-state index contributed by atoms with van der Waals surface area (Å²) in [5.41, 5.74) is 3.05. The molecule has 0 N–H and O–H groups in total. The fourth-order valence-electron chi connectivity index (χ4n) is 2.80. The van der Waals surface area contributed by atoms with Crippen molar-refractivity contribution in [2.24, 2.45) is 5.41 Å². The zero-order chi connectivity index (χ0) is 13.3. The average molecular weight is 263 g/mol. The maximum atomic E-state index is 6.05. The topological polar surface area (TPSA) is 12.5 Å². The molecule has 0 amide bonds. The Hall–Kier alpha value is -0.803. The van der Waals surface area contributed by atoms with E-state index < -0.39 is 9.04 Å². The quantitative estimate of drug-likeness (QED) is 0.749. The molecule has 1 aromatic rings. The second-order valence-electron chi connectivity index (χ2n) is 6.52. The Balaban J connectivity index is 2.34. The maximum Gasteiger partial charge on any atom is 0.208 e. The highest BCUT2D eigenvalue weighted by Crippen LogP contribution is 2.45. The second-order valence-corrected chi connectivity index (χ2v) is 8.83. The first kappa shape index (κ1) is 13.6. The molecule has 1 atom stereocenters. The molecule has 1 aliphatic heterocycles. The third-order valence-electron chi connectivity index (χ3n) is 3.59. The first-order valence-electron chi connectivity index (χ1n) is 6.93. The van der Waals surface area contributed by atoms with Gasteiger partial charge in [-0.15, -0.1) is 0 Å². The van der Waals surface area contributed by atoms with E-state index in [1.54, 1.807) is 0 Å². The van der Waals surface area contributed by atoms with E-state index >= 15 is 0 Å². The molecule has 2 nitrogen and oxygen atoms in total. The minimum absolute atomic E-state index is 0.317. The molecule has 0 saturated heterocycles. The van der Waals surface area contributed by atoms with Crippen LogP contribution >= 0.6 is 0 Å². The summed E-state index contributed by atoms with van der Waals surface area (Å²) < 4.78 is 6.05. The van der Waals surface area contributed by atoms with E-state index in [0.717, 1.165) is 6.54 Å². The summed E-state index contributed by atoms with van der Waals surface area (Å²) in [6, 6.07) is 8.72. The molecule has 1 aromatic carbocycles. The number of para-hydroxylation sites is 1. The van der Waals surface area contributed by atoms with Gasteiger partial charge in [0, 0.05) is 6.54 Å². The molecule has 3 heteroatoms. The lowest BCUT2D eigenvalue weighted by atomic mass is 9.73. The van der Waals surface area contributed by atoms with Crippen LogP contribution in [0.3, 0.4) is 0 Å². The molecule has 1 aliphatic rings. The highest BCUT2D eigenvalue weighted by molar-refractivity contribution is 6.48. The summed E-state index contributed by atoms with van der Waals surface area (Å²) in [6.07, 6.45) is 1.18. The lowest BCUT2D eigenvalue weighted by Crippen LogP contribution is -2.37. The fraction of sp³-hybridized carbons (Fsp3) is 0.600. The molecule has 0 aromatic heterocycles. The SMILES string of the molecule is C[SiH](C)ON1CC[C@@H](C(C)(C)C)c2ccccc21. The predicted octanol–water partition coefficient (Wildman–Crippen LogP) is 3.94. The third-order valence-corrected chi connectivity index (χ3v) is 4.26. The number of benzene rings is 1. The van der Waals surface area contributed by atoms with Crippen molar-refractivity contribution >= 4 is 14.7 Å². The highest BCUT2D eigenvalue weighted by atomic mass is 28.3. The lowest BCUT2D eigenvalue weighted by Gasteiger charge is -2.41. The zero-order valence-corrected chi connectivity index (χ0v) is 13.4. The normalized spacial score (nSPS) is 20.1. The predicted molar refractivity (Wildman–Crippen MR) is 80.6 cm³/mol. The van der Waals surface area contributed by atoms with Gasteiger partial charge in [0.15, 0.2) is 0 Å². The Morgan fingerprint density at radius 3 is 2.50 bits per heavy atom. The van der Waals surface area contributed by atoms with E-state index in [0.29, 0.717) is 11.3 Å². The monoisotopic (exact) mass is 263 g/mol. The van der Waals surface area contributed by atoms with Gasteiger partial charge >= 0.3 is 0 Å². The average Bonchev–Trinajstić information content (AvgIpc) is 2.27. The van der Waals surface area contributed by atoms with Crippen LogP contribution in [0, 0.1) is 5.41 Å². The molecule has 0 saturated carbocycles. The summed E-state index contributed by atoms with van der Waals surface area (Å²) in [7, 11) is -1.04. The number of hydroxylamine groups is 1. The Bertz CT molecular complexity index is 411. The van der Waals surface area contributed by atoms with E-state index in [2.05, 4.69) is 63.2 Å². The molecule has 0 radical (unpaired) electrons. The van der Waals surface area contributed by atoms with Crippen LogP contribution in [0.25, 0.3) is 0 Å². The first-order valence-corrected chi connectivity index (χ1v) is 9.71. The van der Waals surface area contributed by atoms with Crippen molar-refractivity contribution in [3.63, 3.8) is 0 Å². The smallest absolute Gasteiger partial charge is 0.208 e. The van der Waals surface area contributed by atoms with E-state index in [1.807, 2.05) is 0 Å². The number of anilines is 1. The third kappa shape index (κ3) is 2.78. The summed E-state index contributed by atoms with van der Waals surface area (Å²) in [4.78, 5) is 0. The molecule has 1 heterocycles. The van der Waals surface area contributed by atoms with Crippen LogP contribution in [0.5, 0.6) is 0 Å². The van der Waals surface area contributed by atoms with Crippen molar-refractivity contribution in [2.75, 3.05) is 11.6 Å². The van der Waals surface area contributed by atoms with E-state index in [1.165, 1.54) is 17.7 Å². The van der Waals surface area contributed by atoms with Gasteiger partial charge in [-0.1, -0.05) is 39.0 Å². The molecule has 18 heavy (non-hydrogen) atoms. The molecule has 2 rings (SSSR count). The fourth-order valence-corrected chi connectivity index (χ4v) is 3.52. The van der Waals surface area contributed by atoms with Crippen molar-refractivity contribution in [3.8, 4) is 0 Å². The summed E-state index contributed by atoms with van der Waals surface area (Å²) in [5, 5.41) is 2.13. The summed E-state index contributed by atoms with van der Waals surface area (Å²) >= 11 is 0. The zero-order valence-electron chi connectivity index (χ0n) is 12.2. The van der Waals surface area contributed by atoms with E-state index in [-0.39, 0.29) is 0 Å². The van der Waals surface area contributed by atoms with Crippen LogP contribution in [-0.4, -0.2) is 15.6 Å². The molecule has 0 fully saturated rings. The first-order chi connectivity index (χ1) is 8.39. The van der Waals surface area contributed by atoms with Gasteiger partial charge in [-0.3, -0.25) is 5.06 Å². The van der Waals surface area contributed by atoms with Crippen LogP contribution in [0.15, 0.2) is 24.3 Å². The number of nitrogens with zero attached hydrogens (tertiary/aromatic N) is 1. The van der Waals surface area contributed by atoms with Crippen molar-refractivity contribution in [1.29, 1.82) is 0 Å². The number of fused-ring (bicyclic) bond motifs is 1. The van der Waals surface area contributed by atoms with Gasteiger partial charge in [-0.2, -0.15) is 0 Å². The molecule has 0 unspecified atom stereocenters. The van der Waals surface area contributed by atoms with Crippen LogP contribution < -0.4 is 5.06 Å². The molecular weight excluding hydrogens is 238 g/mol. The molecule has 0 spiro atoms. The second kappa shape index (κ2) is 5.06. The number of hydrogen-bond acceptors (Lipinski definition) is 2. The number of rotatable bonds is 2. The lowest BCUT2D eigenvalue weighted by molar-refractivity contribution is 0.232. The van der Waals surface area contributed by atoms with E-state index in [4.69, 9.17) is 4.53 Å². The summed E-state index contributed by atoms with van der Waals surface area (Å²) in [6.45, 7) is 12.5. The Labute approximate surface area is 113 Å². The molecule has 100 valence electrons. The number of hydrogen-bond donors (Lipinski definition) is 0. The minimum atomic E-state index is -1.04. The largest absolute Gasteiger partial charge is 0.324 e. The van der Waals surface area contributed by atoms with Gasteiger partial charge in [0.2, 0.25) is 9.04 Å². The van der Waals surface area contributed by atoms with Crippen molar-refractivity contribution in [1.82, 2.24) is 0 Å². The van der Waals surface area contributed by atoms with Crippen LogP contribution in [-0.2, 0) is 4.53 Å². The Morgan fingerprint density at radius 2 is 1.89 bits per heavy atom. The van der Waals surface area contributed by atoms with Crippen LogP contribution in [0.4, 0.5) is 5.69 Å². The molecule has 0 bridgehead atoms. The van der Waals surface area contributed by atoms with Gasteiger partial charge in [0.05, 0.1) is 5.69 Å².